The van der Waals surface area contributed by atoms with E-state index in [1.807, 2.05) is 0 Å². The van der Waals surface area contributed by atoms with Crippen LogP contribution in [0.5, 0.6) is 23.0 Å². The number of carbonyl (C=O) groups excluding carboxylic acids is 1. The lowest BCUT2D eigenvalue weighted by Crippen LogP contribution is -2.24. The molecule has 0 aromatic heterocycles. The van der Waals surface area contributed by atoms with Gasteiger partial charge in [-0.2, -0.15) is 5.10 Å². The predicted molar refractivity (Wildman–Crippen MR) is 108 cm³/mol. The molecule has 0 bridgehead atoms. The lowest BCUT2D eigenvalue weighted by atomic mass is 10.2. The summed E-state index contributed by atoms with van der Waals surface area (Å²) >= 11 is 3.16. The number of non-ortho nitro benzene ring substituents is 1. The van der Waals surface area contributed by atoms with Crippen LogP contribution in [0.3, 0.4) is 0 Å². The van der Waals surface area contributed by atoms with Crippen molar-refractivity contribution in [2.75, 3.05) is 27.9 Å². The molecule has 0 aliphatic carbocycles. The first kappa shape index (κ1) is 22.0. The number of ether oxygens (including phenoxy) is 4. The fraction of sp³-hybridized carbons (Fsp3) is 0.222. The quantitative estimate of drug-likeness (QED) is 0.341. The van der Waals surface area contributed by atoms with Gasteiger partial charge in [0.2, 0.25) is 5.75 Å². The van der Waals surface area contributed by atoms with Crippen molar-refractivity contribution >= 4 is 33.7 Å². The maximum atomic E-state index is 11.9. The highest BCUT2D eigenvalue weighted by Gasteiger charge is 2.13. The van der Waals surface area contributed by atoms with Crippen LogP contribution in [0, 0.1) is 10.1 Å². The van der Waals surface area contributed by atoms with Gasteiger partial charge in [0.15, 0.2) is 18.1 Å². The number of hydrogen-bond acceptors (Lipinski definition) is 8. The van der Waals surface area contributed by atoms with Crippen LogP contribution in [0.4, 0.5) is 5.69 Å². The van der Waals surface area contributed by atoms with Crippen LogP contribution < -0.4 is 24.4 Å². The van der Waals surface area contributed by atoms with Gasteiger partial charge in [-0.25, -0.2) is 5.43 Å². The van der Waals surface area contributed by atoms with Crippen molar-refractivity contribution in [2.24, 2.45) is 5.10 Å². The molecule has 29 heavy (non-hydrogen) atoms. The van der Waals surface area contributed by atoms with E-state index in [0.717, 1.165) is 0 Å². The predicted octanol–water partition coefficient (Wildman–Crippen LogP) is 2.91. The van der Waals surface area contributed by atoms with E-state index < -0.39 is 10.8 Å². The fourth-order valence-corrected chi connectivity index (χ4v) is 2.73. The van der Waals surface area contributed by atoms with Crippen LogP contribution in [0.25, 0.3) is 0 Å². The summed E-state index contributed by atoms with van der Waals surface area (Å²) in [6.45, 7) is -0.330. The zero-order valence-electron chi connectivity index (χ0n) is 15.8. The van der Waals surface area contributed by atoms with Crippen molar-refractivity contribution in [3.05, 3.63) is 50.5 Å². The third-order valence-corrected chi connectivity index (χ3v) is 4.19. The molecule has 11 heteroatoms. The van der Waals surface area contributed by atoms with Gasteiger partial charge in [0.05, 0.1) is 36.9 Å². The van der Waals surface area contributed by atoms with Crippen molar-refractivity contribution in [1.29, 1.82) is 0 Å². The average molecular weight is 468 g/mol. The van der Waals surface area contributed by atoms with Crippen LogP contribution in [0.15, 0.2) is 39.9 Å². The maximum Gasteiger partial charge on any atom is 0.277 e. The Bertz CT molecular complexity index is 909. The van der Waals surface area contributed by atoms with Gasteiger partial charge in [0.1, 0.15) is 5.75 Å². The first-order valence-electron chi connectivity index (χ1n) is 8.08. The van der Waals surface area contributed by atoms with E-state index in [1.165, 1.54) is 45.7 Å². The molecule has 154 valence electrons. The number of amides is 1. The van der Waals surface area contributed by atoms with Crippen molar-refractivity contribution < 1.29 is 28.7 Å². The summed E-state index contributed by atoms with van der Waals surface area (Å²) in [5.41, 5.74) is 2.84. The number of hydrazone groups is 1. The summed E-state index contributed by atoms with van der Waals surface area (Å²) in [7, 11) is 4.49. The second kappa shape index (κ2) is 10.3. The minimum Gasteiger partial charge on any atom is -0.493 e. The number of rotatable bonds is 9. The standard InChI is InChI=1S/C18H18BrN3O7/c1-26-15-6-11(7-16(27-2)18(15)28-3)9-20-21-17(23)10-29-14-5-4-12(22(24)25)8-13(14)19/h4-9H,10H2,1-3H3,(H,21,23). The van der Waals surface area contributed by atoms with E-state index in [4.69, 9.17) is 18.9 Å². The molecule has 0 fully saturated rings. The number of hydrogen-bond donors (Lipinski definition) is 1. The molecular formula is C18H18BrN3O7. The molecule has 0 unspecified atom stereocenters. The number of methoxy groups -OCH3 is 3. The highest BCUT2D eigenvalue weighted by molar-refractivity contribution is 9.10. The number of nitro groups is 1. The molecular weight excluding hydrogens is 450 g/mol. The van der Waals surface area contributed by atoms with Gasteiger partial charge in [-0.3, -0.25) is 14.9 Å². The summed E-state index contributed by atoms with van der Waals surface area (Å²) in [6.07, 6.45) is 1.41. The second-order valence-electron chi connectivity index (χ2n) is 5.41. The Balaban J connectivity index is 1.97. The van der Waals surface area contributed by atoms with Crippen molar-refractivity contribution in [2.45, 2.75) is 0 Å². The molecule has 10 nitrogen and oxygen atoms in total. The number of nitrogens with zero attached hydrogens (tertiary/aromatic N) is 2. The fourth-order valence-electron chi connectivity index (χ4n) is 2.25. The van der Waals surface area contributed by atoms with Crippen LogP contribution >= 0.6 is 15.9 Å². The summed E-state index contributed by atoms with van der Waals surface area (Å²) in [5, 5.41) is 14.6. The minimum absolute atomic E-state index is 0.0939. The van der Waals surface area contributed by atoms with Crippen LogP contribution in [0.2, 0.25) is 0 Å². The van der Waals surface area contributed by atoms with E-state index in [-0.39, 0.29) is 12.3 Å². The summed E-state index contributed by atoms with van der Waals surface area (Å²) in [6, 6.07) is 7.30. The SMILES string of the molecule is COc1cc(C=NNC(=O)COc2ccc([N+](=O)[O-])cc2Br)cc(OC)c1OC. The normalized spacial score (nSPS) is 10.5. The molecule has 1 N–H and O–H groups in total. The molecule has 0 saturated heterocycles. The first-order valence-corrected chi connectivity index (χ1v) is 8.87. The van der Waals surface area contributed by atoms with Gasteiger partial charge in [-0.05, 0) is 34.1 Å². The topological polar surface area (TPSA) is 122 Å². The molecule has 0 atom stereocenters. The molecule has 0 aliphatic rings. The van der Waals surface area contributed by atoms with Gasteiger partial charge in [0.25, 0.3) is 11.6 Å². The van der Waals surface area contributed by atoms with Crippen LogP contribution in [0.1, 0.15) is 5.56 Å². The second-order valence-corrected chi connectivity index (χ2v) is 6.27. The number of nitro benzene ring substituents is 1. The van der Waals surface area contributed by atoms with Crippen molar-refractivity contribution in [3.8, 4) is 23.0 Å². The molecule has 2 aromatic rings. The molecule has 2 rings (SSSR count). The molecule has 0 saturated carbocycles. The zero-order valence-corrected chi connectivity index (χ0v) is 17.4. The monoisotopic (exact) mass is 467 g/mol. The van der Waals surface area contributed by atoms with E-state index in [2.05, 4.69) is 26.5 Å². The van der Waals surface area contributed by atoms with E-state index in [9.17, 15) is 14.9 Å². The first-order chi connectivity index (χ1) is 13.9. The van der Waals surface area contributed by atoms with Crippen LogP contribution in [-0.4, -0.2) is 45.0 Å². The van der Waals surface area contributed by atoms with Gasteiger partial charge in [-0.1, -0.05) is 0 Å². The number of halogens is 1. The average Bonchev–Trinajstić information content (AvgIpc) is 2.71. The molecule has 0 heterocycles. The highest BCUT2D eigenvalue weighted by Crippen LogP contribution is 2.37. The van der Waals surface area contributed by atoms with Gasteiger partial charge >= 0.3 is 0 Å². The summed E-state index contributed by atoms with van der Waals surface area (Å²) < 4.78 is 21.4. The van der Waals surface area contributed by atoms with E-state index in [0.29, 0.717) is 33.0 Å². The van der Waals surface area contributed by atoms with Crippen LogP contribution in [-0.2, 0) is 4.79 Å². The zero-order chi connectivity index (χ0) is 21.4. The lowest BCUT2D eigenvalue weighted by Gasteiger charge is -2.12. The lowest BCUT2D eigenvalue weighted by molar-refractivity contribution is -0.384. The Hall–Kier alpha value is -3.34. The van der Waals surface area contributed by atoms with E-state index >= 15 is 0 Å². The largest absolute Gasteiger partial charge is 0.493 e. The Morgan fingerprint density at radius 1 is 1.14 bits per heavy atom. The summed E-state index contributed by atoms with van der Waals surface area (Å²) in [4.78, 5) is 22.1. The van der Waals surface area contributed by atoms with Gasteiger partial charge in [-0.15, -0.1) is 0 Å². The van der Waals surface area contributed by atoms with Gasteiger partial charge in [0, 0.05) is 17.7 Å². The molecule has 0 spiro atoms. The minimum atomic E-state index is -0.529. The maximum absolute atomic E-state index is 11.9. The number of carbonyl (C=O) groups is 1. The Kier molecular flexibility index (Phi) is 7.78. The number of benzene rings is 2. The Morgan fingerprint density at radius 3 is 2.31 bits per heavy atom. The van der Waals surface area contributed by atoms with E-state index in [1.54, 1.807) is 12.1 Å². The molecule has 0 radical (unpaired) electrons. The number of nitrogens with one attached hydrogen (secondary N) is 1. The Labute approximate surface area is 174 Å². The smallest absolute Gasteiger partial charge is 0.277 e. The van der Waals surface area contributed by atoms with Gasteiger partial charge < -0.3 is 18.9 Å². The van der Waals surface area contributed by atoms with Crippen molar-refractivity contribution in [1.82, 2.24) is 5.43 Å². The molecule has 0 aliphatic heterocycles. The highest BCUT2D eigenvalue weighted by atomic mass is 79.9. The Morgan fingerprint density at radius 2 is 1.79 bits per heavy atom. The molecule has 1 amide bonds. The molecule has 2 aromatic carbocycles. The van der Waals surface area contributed by atoms with Crippen molar-refractivity contribution in [3.63, 3.8) is 0 Å². The summed E-state index contributed by atoms with van der Waals surface area (Å²) in [5.74, 6) is 1.12. The third-order valence-electron chi connectivity index (χ3n) is 3.57. The third kappa shape index (κ3) is 5.82.